The highest BCUT2D eigenvalue weighted by Crippen LogP contribution is 2.29. The van der Waals surface area contributed by atoms with Gasteiger partial charge in [0.2, 0.25) is 0 Å². The van der Waals surface area contributed by atoms with E-state index in [4.69, 9.17) is 4.74 Å². The molecule has 1 aromatic carbocycles. The SMILES string of the molecule is Cc1ccc([C@H]2CCOC2)c(CN(C)C)c1. The Labute approximate surface area is 98.2 Å². The van der Waals surface area contributed by atoms with Crippen LogP contribution in [0.2, 0.25) is 0 Å². The third-order valence-electron chi connectivity index (χ3n) is 3.15. The summed E-state index contributed by atoms with van der Waals surface area (Å²) >= 11 is 0. The van der Waals surface area contributed by atoms with E-state index < -0.39 is 0 Å². The van der Waals surface area contributed by atoms with Gasteiger partial charge >= 0.3 is 0 Å². The lowest BCUT2D eigenvalue weighted by Gasteiger charge is -2.18. The van der Waals surface area contributed by atoms with Gasteiger partial charge in [0.15, 0.2) is 0 Å². The molecule has 0 aromatic heterocycles. The highest BCUT2D eigenvalue weighted by molar-refractivity contribution is 5.34. The molecule has 2 nitrogen and oxygen atoms in total. The standard InChI is InChI=1S/C14H21NO/c1-11-4-5-14(12-6-7-16-10-12)13(8-11)9-15(2)3/h4-5,8,12H,6-7,9-10H2,1-3H3/t12-/m0/s1. The van der Waals surface area contributed by atoms with Crippen LogP contribution in [0.5, 0.6) is 0 Å². The van der Waals surface area contributed by atoms with Gasteiger partial charge in [-0.15, -0.1) is 0 Å². The van der Waals surface area contributed by atoms with Crippen molar-refractivity contribution in [2.75, 3.05) is 27.3 Å². The second-order valence-corrected chi connectivity index (χ2v) is 5.00. The second kappa shape index (κ2) is 4.98. The molecule has 0 radical (unpaired) electrons. The molecule has 1 saturated heterocycles. The van der Waals surface area contributed by atoms with E-state index >= 15 is 0 Å². The fourth-order valence-electron chi connectivity index (χ4n) is 2.39. The molecule has 0 amide bonds. The van der Waals surface area contributed by atoms with Crippen LogP contribution in [-0.2, 0) is 11.3 Å². The zero-order chi connectivity index (χ0) is 11.5. The highest BCUT2D eigenvalue weighted by Gasteiger charge is 2.20. The minimum Gasteiger partial charge on any atom is -0.381 e. The molecule has 0 spiro atoms. The van der Waals surface area contributed by atoms with Crippen molar-refractivity contribution >= 4 is 0 Å². The summed E-state index contributed by atoms with van der Waals surface area (Å²) in [5.41, 5.74) is 4.29. The lowest BCUT2D eigenvalue weighted by molar-refractivity contribution is 0.193. The second-order valence-electron chi connectivity index (χ2n) is 5.00. The number of hydrogen-bond acceptors (Lipinski definition) is 2. The molecule has 1 aliphatic heterocycles. The van der Waals surface area contributed by atoms with Gasteiger partial charge in [0, 0.05) is 19.1 Å². The summed E-state index contributed by atoms with van der Waals surface area (Å²) in [6, 6.07) is 6.81. The van der Waals surface area contributed by atoms with E-state index in [0.29, 0.717) is 5.92 Å². The van der Waals surface area contributed by atoms with E-state index in [9.17, 15) is 0 Å². The number of ether oxygens (including phenoxy) is 1. The van der Waals surface area contributed by atoms with Crippen molar-refractivity contribution in [2.45, 2.75) is 25.8 Å². The van der Waals surface area contributed by atoms with Crippen LogP contribution in [0.25, 0.3) is 0 Å². The Balaban J connectivity index is 2.27. The molecule has 2 heteroatoms. The average molecular weight is 219 g/mol. The number of nitrogens with zero attached hydrogens (tertiary/aromatic N) is 1. The van der Waals surface area contributed by atoms with Gasteiger partial charge in [0.1, 0.15) is 0 Å². The normalized spacial score (nSPS) is 20.6. The Morgan fingerprint density at radius 2 is 2.19 bits per heavy atom. The summed E-state index contributed by atoms with van der Waals surface area (Å²) in [6.07, 6.45) is 1.17. The van der Waals surface area contributed by atoms with E-state index in [1.165, 1.54) is 23.1 Å². The minimum atomic E-state index is 0.607. The Morgan fingerprint density at radius 3 is 2.81 bits per heavy atom. The molecule has 0 unspecified atom stereocenters. The summed E-state index contributed by atoms with van der Waals surface area (Å²) in [5.74, 6) is 0.607. The van der Waals surface area contributed by atoms with Gasteiger partial charge in [0.05, 0.1) is 6.61 Å². The molecule has 2 rings (SSSR count). The molecule has 0 saturated carbocycles. The first-order chi connectivity index (χ1) is 7.66. The summed E-state index contributed by atoms with van der Waals surface area (Å²) in [4.78, 5) is 2.23. The quantitative estimate of drug-likeness (QED) is 0.774. The fraction of sp³-hybridized carbons (Fsp3) is 0.571. The molecule has 16 heavy (non-hydrogen) atoms. The molecule has 88 valence electrons. The summed E-state index contributed by atoms with van der Waals surface area (Å²) in [7, 11) is 4.24. The predicted molar refractivity (Wildman–Crippen MR) is 66.7 cm³/mol. The molecule has 1 aromatic rings. The van der Waals surface area contributed by atoms with E-state index in [-0.39, 0.29) is 0 Å². The summed E-state index contributed by atoms with van der Waals surface area (Å²) < 4.78 is 5.49. The summed E-state index contributed by atoms with van der Waals surface area (Å²) in [5, 5.41) is 0. The summed E-state index contributed by atoms with van der Waals surface area (Å²) in [6.45, 7) is 4.99. The smallest absolute Gasteiger partial charge is 0.0535 e. The number of rotatable bonds is 3. The lowest BCUT2D eigenvalue weighted by atomic mass is 9.92. The van der Waals surface area contributed by atoms with Crippen molar-refractivity contribution in [3.05, 3.63) is 34.9 Å². The molecule has 1 fully saturated rings. The van der Waals surface area contributed by atoms with E-state index in [2.05, 4.69) is 44.1 Å². The van der Waals surface area contributed by atoms with Crippen molar-refractivity contribution in [1.82, 2.24) is 4.90 Å². The molecule has 1 aliphatic rings. The molecule has 0 bridgehead atoms. The zero-order valence-corrected chi connectivity index (χ0v) is 10.5. The van der Waals surface area contributed by atoms with Gasteiger partial charge in [-0.3, -0.25) is 0 Å². The van der Waals surface area contributed by atoms with Gasteiger partial charge in [-0.05, 0) is 38.6 Å². The minimum absolute atomic E-state index is 0.607. The molecule has 0 aliphatic carbocycles. The van der Waals surface area contributed by atoms with Crippen molar-refractivity contribution in [1.29, 1.82) is 0 Å². The third-order valence-corrected chi connectivity index (χ3v) is 3.15. The van der Waals surface area contributed by atoms with Crippen molar-refractivity contribution in [2.24, 2.45) is 0 Å². The first-order valence-electron chi connectivity index (χ1n) is 5.98. The van der Waals surface area contributed by atoms with Crippen LogP contribution in [-0.4, -0.2) is 32.2 Å². The number of hydrogen-bond donors (Lipinski definition) is 0. The topological polar surface area (TPSA) is 12.5 Å². The maximum atomic E-state index is 5.49. The van der Waals surface area contributed by atoms with Crippen LogP contribution in [0.1, 0.15) is 29.0 Å². The molecule has 0 N–H and O–H groups in total. The van der Waals surface area contributed by atoms with Gasteiger partial charge in [0.25, 0.3) is 0 Å². The molecule has 1 heterocycles. The molecule has 1 atom stereocenters. The maximum Gasteiger partial charge on any atom is 0.0535 e. The molecular formula is C14H21NO. The van der Waals surface area contributed by atoms with Gasteiger partial charge in [-0.1, -0.05) is 23.8 Å². The largest absolute Gasteiger partial charge is 0.381 e. The van der Waals surface area contributed by atoms with E-state index in [1.807, 2.05) is 0 Å². The van der Waals surface area contributed by atoms with Crippen LogP contribution in [0.15, 0.2) is 18.2 Å². The Morgan fingerprint density at radius 1 is 1.38 bits per heavy atom. The van der Waals surface area contributed by atoms with E-state index in [1.54, 1.807) is 0 Å². The van der Waals surface area contributed by atoms with Crippen LogP contribution in [0, 0.1) is 6.92 Å². The van der Waals surface area contributed by atoms with Crippen molar-refractivity contribution in [3.8, 4) is 0 Å². The van der Waals surface area contributed by atoms with Crippen molar-refractivity contribution < 1.29 is 4.74 Å². The van der Waals surface area contributed by atoms with Crippen LogP contribution >= 0.6 is 0 Å². The zero-order valence-electron chi connectivity index (χ0n) is 10.5. The monoisotopic (exact) mass is 219 g/mol. The first kappa shape index (κ1) is 11.6. The van der Waals surface area contributed by atoms with Crippen LogP contribution in [0.3, 0.4) is 0 Å². The highest BCUT2D eigenvalue weighted by atomic mass is 16.5. The molecular weight excluding hydrogens is 198 g/mol. The average Bonchev–Trinajstić information content (AvgIpc) is 2.69. The lowest BCUT2D eigenvalue weighted by Crippen LogP contribution is -2.14. The Kier molecular flexibility index (Phi) is 3.62. The van der Waals surface area contributed by atoms with Crippen LogP contribution < -0.4 is 0 Å². The van der Waals surface area contributed by atoms with Gasteiger partial charge in [-0.25, -0.2) is 0 Å². The first-order valence-corrected chi connectivity index (χ1v) is 5.98. The van der Waals surface area contributed by atoms with Crippen molar-refractivity contribution in [3.63, 3.8) is 0 Å². The van der Waals surface area contributed by atoms with Gasteiger partial charge in [-0.2, -0.15) is 0 Å². The number of benzene rings is 1. The Hall–Kier alpha value is -0.860. The predicted octanol–water partition coefficient (Wildman–Crippen LogP) is 2.56. The van der Waals surface area contributed by atoms with Crippen LogP contribution in [0.4, 0.5) is 0 Å². The van der Waals surface area contributed by atoms with Gasteiger partial charge < -0.3 is 9.64 Å². The Bertz CT molecular complexity index is 354. The number of aryl methyl sites for hydroxylation is 1. The van der Waals surface area contributed by atoms with E-state index in [0.717, 1.165) is 19.8 Å². The maximum absolute atomic E-state index is 5.49. The fourth-order valence-corrected chi connectivity index (χ4v) is 2.39. The third kappa shape index (κ3) is 2.63.